The molecule has 0 unspecified atom stereocenters. The summed E-state index contributed by atoms with van der Waals surface area (Å²) in [6, 6.07) is 16.8. The Morgan fingerprint density at radius 3 is 2.00 bits per heavy atom. The number of hydrogen-bond donors (Lipinski definition) is 6. The van der Waals surface area contributed by atoms with E-state index in [4.69, 9.17) is 28.0 Å². The van der Waals surface area contributed by atoms with Crippen molar-refractivity contribution in [2.24, 2.45) is 27.9 Å². The molecule has 3 atom stereocenters. The molecule has 10 N–H and O–H groups in total. The first kappa shape index (κ1) is 37.2. The smallest absolute Gasteiger partial charge is 0.337 e. The Bertz CT molecular complexity index is 1410. The average Bonchev–Trinajstić information content (AvgIpc) is 3.73. The number of rotatable bonds is 13. The van der Waals surface area contributed by atoms with E-state index in [-0.39, 0.29) is 43.7 Å². The fraction of sp³-hybridized carbons (Fsp3) is 0.469. The lowest BCUT2D eigenvalue weighted by atomic mass is 10.1. The molecule has 14 nitrogen and oxygen atoms in total. The van der Waals surface area contributed by atoms with E-state index in [1.807, 2.05) is 60.7 Å². The van der Waals surface area contributed by atoms with Crippen LogP contribution in [0.1, 0.15) is 49.7 Å². The minimum atomic E-state index is -3.62. The van der Waals surface area contributed by atoms with Gasteiger partial charge in [0, 0.05) is 32.0 Å². The predicted molar refractivity (Wildman–Crippen MR) is 179 cm³/mol. The second-order valence-corrected chi connectivity index (χ2v) is 14.9. The Hall–Kier alpha value is -4.26. The fourth-order valence-corrected chi connectivity index (χ4v) is 10.0. The zero-order chi connectivity index (χ0) is 34.6. The topological polar surface area (TPSA) is 249 Å². The Balaban J connectivity index is 0.000000426. The second-order valence-electron chi connectivity index (χ2n) is 11.7. The van der Waals surface area contributed by atoms with Gasteiger partial charge < -0.3 is 47.5 Å². The standard InChI is InChI=1S/C26H32N3O5P.C6H14N4O2/c27-17-23(30)28-15-7-13-22(28)24(31)29-16-8-14-26(29,25(32)33)35(34,18-20-9-3-1-4-10-20)19-21-11-5-2-6-12-21;7-4(5(11)12)2-1-3-10-6(8)9/h1-6,9-12,22H,7-8,13-19,27H2,(H,32,33);4H,1-3,7H2,(H,11,12)(H4,8,9,10)/t22-,26+;4-/m00/s1. The van der Waals surface area contributed by atoms with Crippen molar-refractivity contribution in [3.63, 3.8) is 0 Å². The number of benzene rings is 2. The van der Waals surface area contributed by atoms with Gasteiger partial charge in [-0.3, -0.25) is 19.4 Å². The van der Waals surface area contributed by atoms with Crippen molar-refractivity contribution in [2.45, 2.75) is 68.2 Å². The van der Waals surface area contributed by atoms with Crippen molar-refractivity contribution in [1.82, 2.24) is 9.80 Å². The van der Waals surface area contributed by atoms with Crippen LogP contribution in [0.5, 0.6) is 0 Å². The summed E-state index contributed by atoms with van der Waals surface area (Å²) in [6.45, 7) is 0.809. The van der Waals surface area contributed by atoms with Crippen molar-refractivity contribution < 1.29 is 34.0 Å². The number of carbonyl (C=O) groups excluding carboxylic acids is 2. The quantitative estimate of drug-likeness (QED) is 0.0771. The number of nitrogens with zero attached hydrogens (tertiary/aromatic N) is 3. The van der Waals surface area contributed by atoms with Crippen molar-refractivity contribution in [3.05, 3.63) is 71.8 Å². The maximum atomic E-state index is 15.0. The highest BCUT2D eigenvalue weighted by Crippen LogP contribution is 2.67. The molecule has 2 fully saturated rings. The number of carbonyl (C=O) groups is 4. The van der Waals surface area contributed by atoms with Crippen molar-refractivity contribution in [2.75, 3.05) is 26.2 Å². The summed E-state index contributed by atoms with van der Waals surface area (Å²) in [4.78, 5) is 56.0. The monoisotopic (exact) mass is 671 g/mol. The number of guanidine groups is 1. The molecule has 0 aliphatic carbocycles. The zero-order valence-electron chi connectivity index (χ0n) is 26.4. The molecular weight excluding hydrogens is 625 g/mol. The van der Waals surface area contributed by atoms with Gasteiger partial charge in [0.2, 0.25) is 11.8 Å². The summed E-state index contributed by atoms with van der Waals surface area (Å²) in [5.74, 6) is -3.00. The lowest BCUT2D eigenvalue weighted by molar-refractivity contribution is -0.154. The Morgan fingerprint density at radius 2 is 1.51 bits per heavy atom. The summed E-state index contributed by atoms with van der Waals surface area (Å²) in [6.07, 6.45) is 2.72. The third-order valence-corrected chi connectivity index (χ3v) is 12.3. The van der Waals surface area contributed by atoms with E-state index in [0.29, 0.717) is 45.2 Å². The van der Waals surface area contributed by atoms with Crippen LogP contribution in [0.15, 0.2) is 65.7 Å². The number of nitrogens with two attached hydrogens (primary N) is 4. The first-order valence-corrected chi connectivity index (χ1v) is 17.7. The van der Waals surface area contributed by atoms with E-state index in [1.54, 1.807) is 0 Å². The van der Waals surface area contributed by atoms with Crippen LogP contribution in [0.25, 0.3) is 0 Å². The van der Waals surface area contributed by atoms with Gasteiger partial charge in [0.05, 0.1) is 6.54 Å². The molecule has 15 heteroatoms. The van der Waals surface area contributed by atoms with Gasteiger partial charge in [-0.15, -0.1) is 0 Å². The Morgan fingerprint density at radius 1 is 0.936 bits per heavy atom. The third-order valence-electron chi connectivity index (χ3n) is 8.52. The van der Waals surface area contributed by atoms with Crippen LogP contribution < -0.4 is 22.9 Å². The summed E-state index contributed by atoms with van der Waals surface area (Å²) in [7, 11) is -3.62. The number of hydrogen-bond acceptors (Lipinski definition) is 8. The van der Waals surface area contributed by atoms with Crippen LogP contribution in [0.2, 0.25) is 0 Å². The highest BCUT2D eigenvalue weighted by Gasteiger charge is 2.62. The second kappa shape index (κ2) is 17.1. The molecule has 47 heavy (non-hydrogen) atoms. The molecule has 2 aliphatic rings. The fourth-order valence-electron chi connectivity index (χ4n) is 6.25. The number of carboxylic acid groups (broad SMARTS) is 2. The molecule has 0 aromatic heterocycles. The van der Waals surface area contributed by atoms with Crippen LogP contribution in [0.4, 0.5) is 0 Å². The van der Waals surface area contributed by atoms with E-state index >= 15 is 4.57 Å². The van der Waals surface area contributed by atoms with Crippen LogP contribution >= 0.6 is 7.14 Å². The zero-order valence-corrected chi connectivity index (χ0v) is 27.3. The van der Waals surface area contributed by atoms with Crippen molar-refractivity contribution in [3.8, 4) is 0 Å². The minimum Gasteiger partial charge on any atom is -0.480 e. The molecule has 2 aliphatic heterocycles. The highest BCUT2D eigenvalue weighted by atomic mass is 31.2. The van der Waals surface area contributed by atoms with E-state index in [0.717, 1.165) is 11.1 Å². The third kappa shape index (κ3) is 9.18. The maximum absolute atomic E-state index is 15.0. The first-order valence-electron chi connectivity index (χ1n) is 15.6. The molecule has 0 saturated carbocycles. The molecule has 0 bridgehead atoms. The van der Waals surface area contributed by atoms with Gasteiger partial charge in [0.25, 0.3) is 0 Å². The predicted octanol–water partition coefficient (Wildman–Crippen LogP) is 1.55. The van der Waals surface area contributed by atoms with Gasteiger partial charge in [-0.2, -0.15) is 0 Å². The molecule has 2 amide bonds. The largest absolute Gasteiger partial charge is 0.480 e. The summed E-state index contributed by atoms with van der Waals surface area (Å²) < 4.78 is 15.0. The average molecular weight is 672 g/mol. The SMILES string of the molecule is NC(N)=NCCC[C@H](N)C(=O)O.NCC(=O)N1CCC[C@H]1C(=O)N1CCC[C@]1(C(=O)O)P(=O)(Cc1ccccc1)Cc1ccccc1. The molecule has 2 heterocycles. The Labute approximate surface area is 274 Å². The summed E-state index contributed by atoms with van der Waals surface area (Å²) >= 11 is 0. The van der Waals surface area contributed by atoms with E-state index in [1.165, 1.54) is 9.80 Å². The molecule has 2 aromatic rings. The molecule has 2 aromatic carbocycles. The van der Waals surface area contributed by atoms with Gasteiger partial charge in [-0.1, -0.05) is 60.7 Å². The molecule has 256 valence electrons. The van der Waals surface area contributed by atoms with Gasteiger partial charge in [-0.05, 0) is 49.7 Å². The highest BCUT2D eigenvalue weighted by molar-refractivity contribution is 7.65. The first-order chi connectivity index (χ1) is 22.4. The minimum absolute atomic E-state index is 0.0129. The Kier molecular flexibility index (Phi) is 13.5. The molecule has 4 rings (SSSR count). The summed E-state index contributed by atoms with van der Waals surface area (Å²) in [5.41, 5.74) is 22.4. The van der Waals surface area contributed by atoms with Crippen LogP contribution in [0, 0.1) is 0 Å². The van der Waals surface area contributed by atoms with E-state index < -0.39 is 42.4 Å². The van der Waals surface area contributed by atoms with Crippen molar-refractivity contribution in [1.29, 1.82) is 0 Å². The number of aliphatic carboxylic acids is 2. The number of amides is 2. The van der Waals surface area contributed by atoms with Crippen LogP contribution in [-0.4, -0.2) is 93.3 Å². The molecule has 2 saturated heterocycles. The van der Waals surface area contributed by atoms with Gasteiger partial charge >= 0.3 is 11.9 Å². The lowest BCUT2D eigenvalue weighted by Crippen LogP contribution is -2.58. The molecule has 0 radical (unpaired) electrons. The lowest BCUT2D eigenvalue weighted by Gasteiger charge is -2.43. The van der Waals surface area contributed by atoms with Gasteiger partial charge in [-0.25, -0.2) is 4.79 Å². The number of likely N-dealkylation sites (tertiary alicyclic amines) is 2. The normalized spacial score (nSPS) is 19.7. The van der Waals surface area contributed by atoms with Crippen LogP contribution in [0.3, 0.4) is 0 Å². The maximum Gasteiger partial charge on any atom is 0.337 e. The van der Waals surface area contributed by atoms with Gasteiger partial charge in [0.1, 0.15) is 19.2 Å². The van der Waals surface area contributed by atoms with Gasteiger partial charge in [0.15, 0.2) is 11.2 Å². The summed E-state index contributed by atoms with van der Waals surface area (Å²) in [5, 5.41) is 17.2. The number of carboxylic acids is 2. The molecular formula is C32H46N7O7P. The molecule has 0 spiro atoms. The van der Waals surface area contributed by atoms with Crippen molar-refractivity contribution >= 4 is 36.9 Å². The van der Waals surface area contributed by atoms with E-state index in [2.05, 4.69) is 4.99 Å². The van der Waals surface area contributed by atoms with Crippen LogP contribution in [-0.2, 0) is 36.1 Å². The number of aliphatic imine (C=N–C) groups is 1. The van der Waals surface area contributed by atoms with E-state index in [9.17, 15) is 24.3 Å².